The summed E-state index contributed by atoms with van der Waals surface area (Å²) in [6.07, 6.45) is 2.63. The summed E-state index contributed by atoms with van der Waals surface area (Å²) < 4.78 is 0. The van der Waals surface area contributed by atoms with Crippen molar-refractivity contribution in [1.82, 2.24) is 10.3 Å². The third kappa shape index (κ3) is 4.43. The Morgan fingerprint density at radius 3 is 2.38 bits per heavy atom. The van der Waals surface area contributed by atoms with Crippen LogP contribution in [0.4, 0.5) is 5.13 Å². The Kier molecular flexibility index (Phi) is 4.99. The van der Waals surface area contributed by atoms with E-state index in [1.165, 1.54) is 28.5 Å². The summed E-state index contributed by atoms with van der Waals surface area (Å²) in [4.78, 5) is 8.77. The quantitative estimate of drug-likeness (QED) is 0.844. The van der Waals surface area contributed by atoms with E-state index in [0.29, 0.717) is 12.0 Å². The van der Waals surface area contributed by atoms with Crippen molar-refractivity contribution in [2.75, 3.05) is 11.9 Å². The molecule has 0 radical (unpaired) electrons. The van der Waals surface area contributed by atoms with Gasteiger partial charge in [-0.1, -0.05) is 13.8 Å². The van der Waals surface area contributed by atoms with E-state index in [4.69, 9.17) is 4.98 Å². The molecule has 21 heavy (non-hydrogen) atoms. The number of nitrogens with one attached hydrogen (secondary N) is 1. The second-order valence-corrected chi connectivity index (χ2v) is 8.84. The highest BCUT2D eigenvalue weighted by molar-refractivity contribution is 7.15. The Morgan fingerprint density at radius 2 is 1.90 bits per heavy atom. The van der Waals surface area contributed by atoms with Crippen LogP contribution in [0.5, 0.6) is 0 Å². The Balaban J connectivity index is 2.17. The first-order chi connectivity index (χ1) is 9.69. The highest BCUT2D eigenvalue weighted by atomic mass is 32.1. The third-order valence-corrected chi connectivity index (χ3v) is 5.50. The second-order valence-electron chi connectivity index (χ2n) is 7.78. The maximum Gasteiger partial charge on any atom is 0.185 e. The van der Waals surface area contributed by atoms with Crippen molar-refractivity contribution in [2.24, 2.45) is 5.92 Å². The summed E-state index contributed by atoms with van der Waals surface area (Å²) in [6.45, 7) is 14.4. The molecule has 0 bridgehead atoms. The van der Waals surface area contributed by atoms with Crippen LogP contribution < -0.4 is 10.2 Å². The van der Waals surface area contributed by atoms with Crippen molar-refractivity contribution in [2.45, 2.75) is 78.4 Å². The monoisotopic (exact) mass is 309 g/mol. The summed E-state index contributed by atoms with van der Waals surface area (Å²) in [7, 11) is 2.18. The van der Waals surface area contributed by atoms with Crippen molar-refractivity contribution in [3.05, 3.63) is 10.6 Å². The first-order valence-corrected chi connectivity index (χ1v) is 8.98. The molecule has 3 nitrogen and oxygen atoms in total. The first kappa shape index (κ1) is 16.8. The van der Waals surface area contributed by atoms with Gasteiger partial charge in [-0.2, -0.15) is 0 Å². The van der Waals surface area contributed by atoms with Gasteiger partial charge in [-0.3, -0.25) is 0 Å². The smallest absolute Gasteiger partial charge is 0.185 e. The van der Waals surface area contributed by atoms with Crippen LogP contribution in [0.15, 0.2) is 0 Å². The van der Waals surface area contributed by atoms with Crippen molar-refractivity contribution in [3.8, 4) is 0 Å². The van der Waals surface area contributed by atoms with Gasteiger partial charge in [0.1, 0.15) is 0 Å². The zero-order valence-electron chi connectivity index (χ0n) is 14.7. The van der Waals surface area contributed by atoms with Crippen molar-refractivity contribution < 1.29 is 0 Å². The molecule has 1 aliphatic rings. The normalized spacial score (nSPS) is 17.3. The van der Waals surface area contributed by atoms with E-state index >= 15 is 0 Å². The van der Waals surface area contributed by atoms with Crippen LogP contribution in [0.3, 0.4) is 0 Å². The minimum Gasteiger partial charge on any atom is -0.348 e. The lowest BCUT2D eigenvalue weighted by atomic mass is 10.1. The number of hydrogen-bond donors (Lipinski definition) is 1. The van der Waals surface area contributed by atoms with Crippen LogP contribution in [0.1, 0.15) is 70.9 Å². The average molecular weight is 310 g/mol. The topological polar surface area (TPSA) is 28.2 Å². The van der Waals surface area contributed by atoms with Crippen LogP contribution in [-0.2, 0) is 6.54 Å². The number of hydrogen-bond acceptors (Lipinski definition) is 4. The fraction of sp³-hybridized carbons (Fsp3) is 0.824. The molecule has 1 N–H and O–H groups in total. The average Bonchev–Trinajstić information content (AvgIpc) is 3.13. The standard InChI is InChI=1S/C17H31N3S/c1-11(2)12(3)20(7)16-19-15(13-8-9-13)14(21-16)10-18-17(4,5)6/h11-13,18H,8-10H2,1-7H3. The molecule has 1 saturated carbocycles. The van der Waals surface area contributed by atoms with Crippen molar-refractivity contribution >= 4 is 16.5 Å². The van der Waals surface area contributed by atoms with Crippen LogP contribution >= 0.6 is 11.3 Å². The predicted molar refractivity (Wildman–Crippen MR) is 93.4 cm³/mol. The fourth-order valence-electron chi connectivity index (χ4n) is 2.27. The maximum absolute atomic E-state index is 4.98. The van der Waals surface area contributed by atoms with E-state index in [1.54, 1.807) is 0 Å². The Hall–Kier alpha value is -0.610. The van der Waals surface area contributed by atoms with Crippen molar-refractivity contribution in [1.29, 1.82) is 0 Å². The van der Waals surface area contributed by atoms with Gasteiger partial charge in [0.05, 0.1) is 5.69 Å². The molecule has 0 aliphatic heterocycles. The summed E-state index contributed by atoms with van der Waals surface area (Å²) in [5.74, 6) is 1.36. The van der Waals surface area contributed by atoms with E-state index in [2.05, 4.69) is 58.8 Å². The molecule has 1 atom stereocenters. The van der Waals surface area contributed by atoms with Crippen LogP contribution in [0.25, 0.3) is 0 Å². The minimum absolute atomic E-state index is 0.155. The molecule has 0 amide bonds. The molecular weight excluding hydrogens is 278 g/mol. The van der Waals surface area contributed by atoms with E-state index < -0.39 is 0 Å². The molecular formula is C17H31N3S. The molecule has 1 aliphatic carbocycles. The van der Waals surface area contributed by atoms with Gasteiger partial charge in [0, 0.05) is 36.0 Å². The van der Waals surface area contributed by atoms with Crippen LogP contribution in [0, 0.1) is 5.92 Å². The van der Waals surface area contributed by atoms with Gasteiger partial charge in [0.25, 0.3) is 0 Å². The summed E-state index contributed by atoms with van der Waals surface area (Å²) in [5, 5.41) is 4.80. The van der Waals surface area contributed by atoms with Gasteiger partial charge in [0.15, 0.2) is 5.13 Å². The van der Waals surface area contributed by atoms with Gasteiger partial charge >= 0.3 is 0 Å². The van der Waals surface area contributed by atoms with Gasteiger partial charge in [-0.15, -0.1) is 11.3 Å². The molecule has 1 aromatic heterocycles. The summed E-state index contributed by atoms with van der Waals surface area (Å²) in [6, 6.07) is 0.520. The van der Waals surface area contributed by atoms with E-state index in [0.717, 1.165) is 12.5 Å². The number of aromatic nitrogens is 1. The Bertz CT molecular complexity index is 469. The molecule has 0 spiro atoms. The number of rotatable bonds is 6. The molecule has 4 heteroatoms. The van der Waals surface area contributed by atoms with Gasteiger partial charge in [0.2, 0.25) is 0 Å². The molecule has 1 unspecified atom stereocenters. The molecule has 0 saturated heterocycles. The lowest BCUT2D eigenvalue weighted by molar-refractivity contribution is 0.425. The van der Waals surface area contributed by atoms with Crippen LogP contribution in [-0.4, -0.2) is 23.6 Å². The summed E-state index contributed by atoms with van der Waals surface area (Å²) >= 11 is 1.87. The van der Waals surface area contributed by atoms with E-state index in [-0.39, 0.29) is 5.54 Å². The number of nitrogens with zero attached hydrogens (tertiary/aromatic N) is 2. The van der Waals surface area contributed by atoms with E-state index in [9.17, 15) is 0 Å². The molecule has 1 aromatic rings. The van der Waals surface area contributed by atoms with E-state index in [1.807, 2.05) is 11.3 Å². The molecule has 1 heterocycles. The highest BCUT2D eigenvalue weighted by Gasteiger charge is 2.31. The SMILES string of the molecule is CC(C)C(C)N(C)c1nc(C2CC2)c(CNC(C)(C)C)s1. The Morgan fingerprint density at radius 1 is 1.29 bits per heavy atom. The van der Waals surface area contributed by atoms with Gasteiger partial charge in [-0.05, 0) is 46.5 Å². The lowest BCUT2D eigenvalue weighted by Gasteiger charge is -2.27. The van der Waals surface area contributed by atoms with Gasteiger partial charge in [-0.25, -0.2) is 4.98 Å². The maximum atomic E-state index is 4.98. The summed E-state index contributed by atoms with van der Waals surface area (Å²) in [5.41, 5.74) is 1.51. The number of anilines is 1. The first-order valence-electron chi connectivity index (χ1n) is 8.16. The fourth-order valence-corrected chi connectivity index (χ4v) is 3.41. The predicted octanol–water partition coefficient (Wildman–Crippen LogP) is 4.39. The Labute approximate surface area is 134 Å². The largest absolute Gasteiger partial charge is 0.348 e. The third-order valence-electron chi connectivity index (χ3n) is 4.34. The second kappa shape index (κ2) is 6.25. The van der Waals surface area contributed by atoms with Gasteiger partial charge < -0.3 is 10.2 Å². The molecule has 120 valence electrons. The zero-order chi connectivity index (χ0) is 15.8. The lowest BCUT2D eigenvalue weighted by Crippen LogP contribution is -2.35. The minimum atomic E-state index is 0.155. The number of thiazole rings is 1. The molecule has 1 fully saturated rings. The van der Waals surface area contributed by atoms with Crippen LogP contribution in [0.2, 0.25) is 0 Å². The highest BCUT2D eigenvalue weighted by Crippen LogP contribution is 2.44. The zero-order valence-corrected chi connectivity index (χ0v) is 15.5. The van der Waals surface area contributed by atoms with Crippen molar-refractivity contribution in [3.63, 3.8) is 0 Å². The molecule has 0 aromatic carbocycles. The molecule has 2 rings (SSSR count).